The lowest BCUT2D eigenvalue weighted by atomic mass is 9.97. The first-order valence-electron chi connectivity index (χ1n) is 8.67. The van der Waals surface area contributed by atoms with Crippen LogP contribution in [0, 0.1) is 13.8 Å². The van der Waals surface area contributed by atoms with Crippen LogP contribution >= 0.6 is 0 Å². The highest BCUT2D eigenvalue weighted by atomic mass is 16.7. The number of pyridine rings is 1. The molecule has 0 fully saturated rings. The minimum atomic E-state index is -0.128. The summed E-state index contributed by atoms with van der Waals surface area (Å²) in [6.45, 7) is 4.06. The highest BCUT2D eigenvalue weighted by Gasteiger charge is 2.16. The molecule has 2 aromatic carbocycles. The van der Waals surface area contributed by atoms with Crippen LogP contribution in [-0.2, 0) is 9.53 Å². The first-order valence-corrected chi connectivity index (χ1v) is 8.67. The van der Waals surface area contributed by atoms with Crippen molar-refractivity contribution in [2.75, 3.05) is 20.3 Å². The Kier molecular flexibility index (Phi) is 4.20. The van der Waals surface area contributed by atoms with E-state index in [2.05, 4.69) is 6.92 Å². The predicted molar refractivity (Wildman–Crippen MR) is 104 cm³/mol. The fraction of sp³-hybridized carbons (Fsp3) is 0.238. The molecular formula is C21H20N2O4. The molecule has 4 aromatic rings. The SMILES string of the molecule is COCC(=O)COn1ccc2c(C)c3c(nc4ccc(O)cc43)c(C)c2c1. The maximum absolute atomic E-state index is 11.6. The van der Waals surface area contributed by atoms with Gasteiger partial charge in [0.15, 0.2) is 12.4 Å². The number of phenols is 1. The molecule has 0 bridgehead atoms. The number of aromatic hydroxyl groups is 1. The molecule has 0 unspecified atom stereocenters. The van der Waals surface area contributed by atoms with Gasteiger partial charge >= 0.3 is 0 Å². The Morgan fingerprint density at radius 3 is 2.70 bits per heavy atom. The number of aryl methyl sites for hydroxylation is 2. The normalized spacial score (nSPS) is 11.5. The van der Waals surface area contributed by atoms with Gasteiger partial charge in [0.05, 0.1) is 17.2 Å². The zero-order valence-electron chi connectivity index (χ0n) is 15.4. The van der Waals surface area contributed by atoms with Crippen LogP contribution in [0.1, 0.15) is 11.1 Å². The average Bonchev–Trinajstić information content (AvgIpc) is 3.03. The Morgan fingerprint density at radius 1 is 1.11 bits per heavy atom. The molecule has 0 radical (unpaired) electrons. The largest absolute Gasteiger partial charge is 0.508 e. The molecule has 6 nitrogen and oxygen atoms in total. The van der Waals surface area contributed by atoms with E-state index in [1.807, 2.05) is 25.3 Å². The molecule has 0 spiro atoms. The summed E-state index contributed by atoms with van der Waals surface area (Å²) >= 11 is 0. The van der Waals surface area contributed by atoms with Gasteiger partial charge in [0.2, 0.25) is 0 Å². The molecule has 138 valence electrons. The van der Waals surface area contributed by atoms with Crippen molar-refractivity contribution in [3.63, 3.8) is 0 Å². The van der Waals surface area contributed by atoms with E-state index in [0.29, 0.717) is 0 Å². The first kappa shape index (κ1) is 17.3. The number of hydrogen-bond acceptors (Lipinski definition) is 5. The van der Waals surface area contributed by atoms with Crippen molar-refractivity contribution in [2.45, 2.75) is 13.8 Å². The molecule has 0 amide bonds. The number of phenolic OH excluding ortho intramolecular Hbond substituents is 1. The zero-order valence-corrected chi connectivity index (χ0v) is 15.4. The Balaban J connectivity index is 1.87. The number of fused-ring (bicyclic) bond motifs is 4. The fourth-order valence-electron chi connectivity index (χ4n) is 3.57. The molecule has 0 saturated carbocycles. The van der Waals surface area contributed by atoms with Crippen molar-refractivity contribution in [1.29, 1.82) is 0 Å². The topological polar surface area (TPSA) is 73.6 Å². The molecule has 0 atom stereocenters. The van der Waals surface area contributed by atoms with Gasteiger partial charge in [-0.3, -0.25) is 4.79 Å². The number of ketones is 1. The molecule has 2 aromatic heterocycles. The summed E-state index contributed by atoms with van der Waals surface area (Å²) in [4.78, 5) is 21.9. The van der Waals surface area contributed by atoms with Gasteiger partial charge in [-0.25, -0.2) is 4.98 Å². The van der Waals surface area contributed by atoms with Crippen LogP contribution in [0.25, 0.3) is 32.6 Å². The zero-order chi connectivity index (χ0) is 19.1. The Morgan fingerprint density at radius 2 is 1.93 bits per heavy atom. The Hall–Kier alpha value is -3.12. The number of ether oxygens (including phenoxy) is 1. The molecule has 0 aliphatic heterocycles. The maximum atomic E-state index is 11.6. The molecule has 0 aliphatic rings. The van der Waals surface area contributed by atoms with Gasteiger partial charge < -0.3 is 14.7 Å². The second kappa shape index (κ2) is 6.55. The van der Waals surface area contributed by atoms with Crippen molar-refractivity contribution in [2.24, 2.45) is 0 Å². The van der Waals surface area contributed by atoms with Crippen molar-refractivity contribution in [3.05, 3.63) is 47.8 Å². The van der Waals surface area contributed by atoms with Crippen molar-refractivity contribution < 1.29 is 19.5 Å². The number of rotatable bonds is 5. The van der Waals surface area contributed by atoms with Crippen LogP contribution in [0.3, 0.4) is 0 Å². The minimum absolute atomic E-state index is 0.0315. The lowest BCUT2D eigenvalue weighted by molar-refractivity contribution is -0.127. The van der Waals surface area contributed by atoms with Gasteiger partial charge in [0.25, 0.3) is 0 Å². The number of nitrogens with zero attached hydrogens (tertiary/aromatic N) is 2. The van der Waals surface area contributed by atoms with Gasteiger partial charge in [-0.15, -0.1) is 0 Å². The van der Waals surface area contributed by atoms with E-state index in [-0.39, 0.29) is 24.7 Å². The van der Waals surface area contributed by atoms with Gasteiger partial charge in [0, 0.05) is 29.5 Å². The second-order valence-electron chi connectivity index (χ2n) is 6.66. The van der Waals surface area contributed by atoms with Crippen molar-refractivity contribution >= 4 is 38.4 Å². The number of benzene rings is 2. The lowest BCUT2D eigenvalue weighted by Crippen LogP contribution is -2.22. The van der Waals surface area contributed by atoms with Crippen LogP contribution in [0.5, 0.6) is 5.75 Å². The monoisotopic (exact) mass is 364 g/mol. The van der Waals surface area contributed by atoms with Crippen LogP contribution in [0.2, 0.25) is 0 Å². The highest BCUT2D eigenvalue weighted by Crippen LogP contribution is 2.37. The molecule has 2 heterocycles. The lowest BCUT2D eigenvalue weighted by Gasteiger charge is -2.13. The highest BCUT2D eigenvalue weighted by molar-refractivity contribution is 6.16. The molecule has 4 rings (SSSR count). The van der Waals surface area contributed by atoms with Crippen molar-refractivity contribution in [1.82, 2.24) is 9.71 Å². The Labute approximate surface area is 155 Å². The van der Waals surface area contributed by atoms with E-state index in [9.17, 15) is 9.90 Å². The van der Waals surface area contributed by atoms with Gasteiger partial charge in [-0.05, 0) is 54.6 Å². The summed E-state index contributed by atoms with van der Waals surface area (Å²) < 4.78 is 6.36. The number of aromatic nitrogens is 2. The van der Waals surface area contributed by atoms with Gasteiger partial charge in [-0.2, -0.15) is 4.73 Å². The quantitative estimate of drug-likeness (QED) is 0.588. The minimum Gasteiger partial charge on any atom is -0.508 e. The molecule has 1 N–H and O–H groups in total. The van der Waals surface area contributed by atoms with E-state index in [0.717, 1.165) is 43.7 Å². The van der Waals surface area contributed by atoms with E-state index >= 15 is 0 Å². The second-order valence-corrected chi connectivity index (χ2v) is 6.66. The number of hydrogen-bond donors (Lipinski definition) is 1. The van der Waals surface area contributed by atoms with Crippen LogP contribution in [0.4, 0.5) is 0 Å². The van der Waals surface area contributed by atoms with E-state index in [1.165, 1.54) is 7.11 Å². The third kappa shape index (κ3) is 2.88. The summed E-state index contributed by atoms with van der Waals surface area (Å²) in [6, 6.07) is 7.21. The van der Waals surface area contributed by atoms with Crippen LogP contribution < -0.4 is 4.84 Å². The van der Waals surface area contributed by atoms with Crippen LogP contribution in [0.15, 0.2) is 36.7 Å². The van der Waals surface area contributed by atoms with E-state index in [1.54, 1.807) is 23.1 Å². The van der Waals surface area contributed by atoms with E-state index in [4.69, 9.17) is 14.6 Å². The molecule has 27 heavy (non-hydrogen) atoms. The number of carbonyl (C=O) groups excluding carboxylic acids is 1. The summed E-state index contributed by atoms with van der Waals surface area (Å²) in [5.41, 5.74) is 3.90. The summed E-state index contributed by atoms with van der Waals surface area (Å²) in [5.74, 6) is 0.103. The van der Waals surface area contributed by atoms with Gasteiger partial charge in [0.1, 0.15) is 12.4 Å². The number of Topliss-reactive ketones (excluding diaryl/α,β-unsaturated/α-hetero) is 1. The van der Waals surface area contributed by atoms with Gasteiger partial charge in [-0.1, -0.05) is 0 Å². The fourth-order valence-corrected chi connectivity index (χ4v) is 3.57. The summed E-state index contributed by atoms with van der Waals surface area (Å²) in [6.07, 6.45) is 3.66. The maximum Gasteiger partial charge on any atom is 0.198 e. The van der Waals surface area contributed by atoms with Crippen LogP contribution in [-0.4, -0.2) is 40.9 Å². The molecular weight excluding hydrogens is 344 g/mol. The summed E-state index contributed by atoms with van der Waals surface area (Å²) in [7, 11) is 1.48. The Bertz CT molecular complexity index is 1190. The smallest absolute Gasteiger partial charge is 0.198 e. The standard InChI is InChI=1S/C21H20N2O4/c1-12-16-6-7-23(27-11-15(25)10-26-3)9-18(16)13(2)21-20(12)17-8-14(24)4-5-19(17)22-21/h4-9,24H,10-11H2,1-3H3. The molecule has 6 heteroatoms. The third-order valence-electron chi connectivity index (χ3n) is 4.87. The number of methoxy groups -OCH3 is 1. The average molecular weight is 364 g/mol. The molecule has 0 aliphatic carbocycles. The summed E-state index contributed by atoms with van der Waals surface area (Å²) in [5, 5.41) is 14.0. The number of carbonyl (C=O) groups is 1. The predicted octanol–water partition coefficient (Wildman–Crippen LogP) is 3.31. The van der Waals surface area contributed by atoms with Crippen molar-refractivity contribution in [3.8, 4) is 5.75 Å². The van der Waals surface area contributed by atoms with E-state index < -0.39 is 0 Å². The molecule has 0 saturated heterocycles. The third-order valence-corrected chi connectivity index (χ3v) is 4.87. The first-order chi connectivity index (χ1) is 13.0.